The summed E-state index contributed by atoms with van der Waals surface area (Å²) in [7, 11) is 0. The van der Waals surface area contributed by atoms with Crippen molar-refractivity contribution in [3.05, 3.63) is 101 Å². The van der Waals surface area contributed by atoms with Gasteiger partial charge in [0.2, 0.25) is 0 Å². The van der Waals surface area contributed by atoms with E-state index in [0.717, 1.165) is 40.6 Å². The van der Waals surface area contributed by atoms with Gasteiger partial charge in [-0.3, -0.25) is 4.79 Å². The minimum absolute atomic E-state index is 0.0624. The van der Waals surface area contributed by atoms with Crippen LogP contribution in [0.15, 0.2) is 72.8 Å². The summed E-state index contributed by atoms with van der Waals surface area (Å²) >= 11 is 0. The summed E-state index contributed by atoms with van der Waals surface area (Å²) in [5.74, 6) is 0.274. The van der Waals surface area contributed by atoms with Crippen molar-refractivity contribution in [3.63, 3.8) is 0 Å². The van der Waals surface area contributed by atoms with Crippen LogP contribution in [0.3, 0.4) is 0 Å². The predicted octanol–water partition coefficient (Wildman–Crippen LogP) is 6.63. The van der Waals surface area contributed by atoms with Crippen molar-refractivity contribution in [2.45, 2.75) is 31.6 Å². The first-order chi connectivity index (χ1) is 17.7. The molecule has 0 aliphatic heterocycles. The molecule has 3 aromatic carbocycles. The molecule has 1 amide bonds. The second kappa shape index (κ2) is 9.50. The summed E-state index contributed by atoms with van der Waals surface area (Å²) in [4.78, 5) is 27.8. The minimum Gasteiger partial charge on any atom is -0.449 e. The van der Waals surface area contributed by atoms with Crippen molar-refractivity contribution in [1.82, 2.24) is 10.3 Å². The van der Waals surface area contributed by atoms with Gasteiger partial charge in [-0.25, -0.2) is 4.79 Å². The number of rotatable bonds is 6. The molecule has 1 aromatic heterocycles. The summed E-state index contributed by atoms with van der Waals surface area (Å²) in [6, 6.07) is 22.9. The second-order valence-electron chi connectivity index (χ2n) is 9.50. The van der Waals surface area contributed by atoms with Gasteiger partial charge in [-0.2, -0.15) is 0 Å². The molecule has 180 valence electrons. The first-order valence-corrected chi connectivity index (χ1v) is 12.6. The van der Waals surface area contributed by atoms with Crippen molar-refractivity contribution >= 4 is 28.9 Å². The SMILES string of the molecule is O=C(NCCC=Cc1ccc2[nH]c3c(c2c1)CCCC3=O)OCC1c2ccccc2-c2ccccc21. The number of alkyl carbamates (subject to hydrolysis) is 1. The number of ketones is 1. The first kappa shape index (κ1) is 22.4. The van der Waals surface area contributed by atoms with Gasteiger partial charge in [0, 0.05) is 29.8 Å². The van der Waals surface area contributed by atoms with Crippen LogP contribution in [0.5, 0.6) is 0 Å². The van der Waals surface area contributed by atoms with Crippen molar-refractivity contribution in [3.8, 4) is 11.1 Å². The predicted molar refractivity (Wildman–Crippen MR) is 142 cm³/mol. The highest BCUT2D eigenvalue weighted by atomic mass is 16.5. The third-order valence-electron chi connectivity index (χ3n) is 7.27. The second-order valence-corrected chi connectivity index (χ2v) is 9.50. The van der Waals surface area contributed by atoms with E-state index in [1.807, 2.05) is 36.4 Å². The van der Waals surface area contributed by atoms with Crippen LogP contribution < -0.4 is 5.32 Å². The van der Waals surface area contributed by atoms with Gasteiger partial charge < -0.3 is 15.0 Å². The molecule has 2 aliphatic rings. The Balaban J connectivity index is 1.02. The average molecular weight is 477 g/mol. The van der Waals surface area contributed by atoms with Crippen LogP contribution in [0.4, 0.5) is 4.79 Å². The molecule has 1 heterocycles. The molecule has 0 spiro atoms. The maximum Gasteiger partial charge on any atom is 0.407 e. The van der Waals surface area contributed by atoms with Crippen molar-refractivity contribution in [1.29, 1.82) is 0 Å². The van der Waals surface area contributed by atoms with E-state index >= 15 is 0 Å². The molecule has 5 heteroatoms. The maximum atomic E-state index is 12.3. The lowest BCUT2D eigenvalue weighted by Gasteiger charge is -2.14. The first-order valence-electron chi connectivity index (χ1n) is 12.6. The topological polar surface area (TPSA) is 71.2 Å². The molecule has 0 atom stereocenters. The van der Waals surface area contributed by atoms with Crippen LogP contribution in [0.1, 0.15) is 57.9 Å². The van der Waals surface area contributed by atoms with E-state index < -0.39 is 6.09 Å². The molecule has 2 N–H and O–H groups in total. The molecular formula is C31H28N2O3. The van der Waals surface area contributed by atoms with Gasteiger partial charge in [-0.1, -0.05) is 66.7 Å². The molecule has 0 unspecified atom stereocenters. The van der Waals surface area contributed by atoms with Crippen LogP contribution in [-0.2, 0) is 11.2 Å². The number of aryl methyl sites for hydroxylation is 1. The fraction of sp³-hybridized carbons (Fsp3) is 0.226. The molecule has 0 radical (unpaired) electrons. The van der Waals surface area contributed by atoms with Crippen molar-refractivity contribution in [2.75, 3.05) is 13.2 Å². The highest BCUT2D eigenvalue weighted by molar-refractivity contribution is 6.03. The van der Waals surface area contributed by atoms with Crippen LogP contribution >= 0.6 is 0 Å². The summed E-state index contributed by atoms with van der Waals surface area (Å²) in [6.45, 7) is 0.822. The molecule has 5 nitrogen and oxygen atoms in total. The van der Waals surface area contributed by atoms with E-state index in [1.165, 1.54) is 22.3 Å². The van der Waals surface area contributed by atoms with Gasteiger partial charge in [0.25, 0.3) is 0 Å². The number of ether oxygens (including phenoxy) is 1. The number of hydrogen-bond acceptors (Lipinski definition) is 3. The van der Waals surface area contributed by atoms with Crippen LogP contribution in [-0.4, -0.2) is 30.0 Å². The van der Waals surface area contributed by atoms with Crippen molar-refractivity contribution < 1.29 is 14.3 Å². The number of nitrogens with one attached hydrogen (secondary N) is 2. The molecule has 4 aromatic rings. The molecular weight excluding hydrogens is 448 g/mol. The third-order valence-corrected chi connectivity index (χ3v) is 7.27. The van der Waals surface area contributed by atoms with Gasteiger partial charge in [-0.05, 0) is 64.8 Å². The summed E-state index contributed by atoms with van der Waals surface area (Å²) < 4.78 is 5.60. The standard InChI is InChI=1S/C31H28N2O3/c34-29-14-7-13-25-26-18-20(15-16-28(26)33-30(25)29)8-5-6-17-32-31(35)36-19-27-23-11-3-1-9-21(23)22-10-2-4-12-24(22)27/h1-5,8-12,15-16,18,27,33H,6-7,13-14,17,19H2,(H,32,35). The van der Waals surface area contributed by atoms with Crippen LogP contribution in [0.25, 0.3) is 28.1 Å². The highest BCUT2D eigenvalue weighted by Crippen LogP contribution is 2.44. The molecule has 36 heavy (non-hydrogen) atoms. The van der Waals surface area contributed by atoms with Gasteiger partial charge in [0.15, 0.2) is 5.78 Å². The Kier molecular flexibility index (Phi) is 5.90. The molecule has 0 saturated carbocycles. The van der Waals surface area contributed by atoms with E-state index in [9.17, 15) is 9.59 Å². The van der Waals surface area contributed by atoms with E-state index in [-0.39, 0.29) is 11.7 Å². The molecule has 6 rings (SSSR count). The number of amides is 1. The van der Waals surface area contributed by atoms with Gasteiger partial charge in [-0.15, -0.1) is 0 Å². The largest absolute Gasteiger partial charge is 0.449 e. The Morgan fingerprint density at radius 3 is 2.53 bits per heavy atom. The molecule has 2 aliphatic carbocycles. The fourth-order valence-corrected chi connectivity index (χ4v) is 5.54. The number of aromatic nitrogens is 1. The Hall–Kier alpha value is -4.12. The zero-order valence-electron chi connectivity index (χ0n) is 20.1. The Morgan fingerprint density at radius 2 is 1.75 bits per heavy atom. The number of H-pyrrole nitrogens is 1. The number of fused-ring (bicyclic) bond motifs is 6. The van der Waals surface area contributed by atoms with E-state index in [1.54, 1.807) is 0 Å². The minimum atomic E-state index is -0.393. The summed E-state index contributed by atoms with van der Waals surface area (Å²) in [5, 5.41) is 3.99. The number of aromatic amines is 1. The van der Waals surface area contributed by atoms with Gasteiger partial charge >= 0.3 is 6.09 Å². The zero-order valence-corrected chi connectivity index (χ0v) is 20.1. The normalized spacial score (nSPS) is 14.6. The number of carbonyl (C=O) groups is 2. The molecule has 0 bridgehead atoms. The van der Waals surface area contributed by atoms with E-state index in [4.69, 9.17) is 4.74 Å². The van der Waals surface area contributed by atoms with Crippen LogP contribution in [0, 0.1) is 0 Å². The van der Waals surface area contributed by atoms with Gasteiger partial charge in [0.1, 0.15) is 6.61 Å². The van der Waals surface area contributed by atoms with E-state index in [2.05, 4.69) is 52.8 Å². The lowest BCUT2D eigenvalue weighted by atomic mass is 9.94. The number of hydrogen-bond donors (Lipinski definition) is 2. The quantitative estimate of drug-likeness (QED) is 0.307. The Bertz CT molecular complexity index is 1450. The Morgan fingerprint density at radius 1 is 1.00 bits per heavy atom. The van der Waals surface area contributed by atoms with Crippen molar-refractivity contribution in [2.24, 2.45) is 0 Å². The fourth-order valence-electron chi connectivity index (χ4n) is 5.54. The van der Waals surface area contributed by atoms with Crippen LogP contribution in [0.2, 0.25) is 0 Å². The number of benzene rings is 3. The smallest absolute Gasteiger partial charge is 0.407 e. The molecule has 0 fully saturated rings. The third kappa shape index (κ3) is 4.11. The van der Waals surface area contributed by atoms with E-state index in [0.29, 0.717) is 26.0 Å². The monoisotopic (exact) mass is 476 g/mol. The highest BCUT2D eigenvalue weighted by Gasteiger charge is 2.29. The zero-order chi connectivity index (χ0) is 24.5. The number of Topliss-reactive ketones (excluding diaryl/α,β-unsaturated/α-hetero) is 1. The Labute approximate surface area is 210 Å². The van der Waals surface area contributed by atoms with Gasteiger partial charge in [0.05, 0.1) is 5.69 Å². The summed E-state index contributed by atoms with van der Waals surface area (Å²) in [5.41, 5.74) is 8.89. The lowest BCUT2D eigenvalue weighted by molar-refractivity contribution is 0.0968. The lowest BCUT2D eigenvalue weighted by Crippen LogP contribution is -2.26. The molecule has 0 saturated heterocycles. The summed E-state index contributed by atoms with van der Waals surface area (Å²) in [6.07, 6.45) is 6.90. The number of carbonyl (C=O) groups excluding carboxylic acids is 2. The maximum absolute atomic E-state index is 12.3. The average Bonchev–Trinajstić information content (AvgIpc) is 3.44.